The Morgan fingerprint density at radius 2 is 1.47 bits per heavy atom. The van der Waals surface area contributed by atoms with E-state index >= 15 is 0 Å². The van der Waals surface area contributed by atoms with Gasteiger partial charge in [0.15, 0.2) is 27.4 Å². The van der Waals surface area contributed by atoms with Crippen molar-refractivity contribution in [3.8, 4) is 17.8 Å². The normalized spacial score (nSPS) is 23.2. The van der Waals surface area contributed by atoms with Crippen molar-refractivity contribution in [1.82, 2.24) is 44.1 Å². The number of fused-ring (bicyclic) bond motifs is 3. The average Bonchev–Trinajstić information content (AvgIpc) is 4.21. The Balaban J connectivity index is 0. The number of nitrogens with one attached hydrogen (secondary N) is 1. The summed E-state index contributed by atoms with van der Waals surface area (Å²) < 4.78 is 54.5. The van der Waals surface area contributed by atoms with Crippen LogP contribution in [0.5, 0.6) is 11.8 Å². The first-order chi connectivity index (χ1) is 35.1. The number of aromatic nitrogens is 8. The molecule has 4 aliphatic rings. The van der Waals surface area contributed by atoms with Gasteiger partial charge in [-0.15, -0.1) is 24.8 Å². The van der Waals surface area contributed by atoms with Gasteiger partial charge in [0, 0.05) is 114 Å². The van der Waals surface area contributed by atoms with E-state index in [-0.39, 0.29) is 143 Å². The van der Waals surface area contributed by atoms with E-state index in [4.69, 9.17) is 60.9 Å². The number of nitrogens with zero attached hydrogens (tertiary/aromatic N) is 9. The number of imidazole rings is 2. The van der Waals surface area contributed by atoms with Gasteiger partial charge in [0.25, 0.3) is 0 Å². The fourth-order valence-electron chi connectivity index (χ4n) is 6.93. The monoisotopic (exact) mass is 1720 g/mol. The van der Waals surface area contributed by atoms with Crippen LogP contribution in [0.4, 0.5) is 11.9 Å². The fraction of sp³-hybridized carbons (Fsp3) is 0.667. The number of halogens is 5. The van der Waals surface area contributed by atoms with Crippen LogP contribution in [-0.2, 0) is 103 Å². The van der Waals surface area contributed by atoms with Crippen molar-refractivity contribution in [2.24, 2.45) is 16.9 Å². The first kappa shape index (κ1) is 81.6. The van der Waals surface area contributed by atoms with Gasteiger partial charge >= 0.3 is 72.6 Å². The van der Waals surface area contributed by atoms with Gasteiger partial charge in [-0.1, -0.05) is 32.5 Å². The average molecular weight is 1720 g/mol. The molecule has 0 aromatic carbocycles. The molecule has 8 atom stereocenters. The number of nitrogen functional groups attached to an aromatic ring is 2. The molecule has 4 fully saturated rings. The summed E-state index contributed by atoms with van der Waals surface area (Å²) in [5.74, 6) is 3.79. The molecule has 36 heteroatoms. The number of carbonyl (C=O) groups is 1. The van der Waals surface area contributed by atoms with Gasteiger partial charge in [0.2, 0.25) is 23.7 Å². The zero-order valence-electron chi connectivity index (χ0n) is 44.4. The van der Waals surface area contributed by atoms with E-state index in [1.807, 2.05) is 41.5 Å². The van der Waals surface area contributed by atoms with Crippen molar-refractivity contribution in [3.05, 3.63) is 24.5 Å². The van der Waals surface area contributed by atoms with Crippen LogP contribution in [0, 0.1) is 28.6 Å². The van der Waals surface area contributed by atoms with Gasteiger partial charge in [-0.3, -0.25) is 9.32 Å². The molecule has 4 aromatic heterocycles. The van der Waals surface area contributed by atoms with E-state index < -0.39 is 38.5 Å². The summed E-state index contributed by atoms with van der Waals surface area (Å²) in [7, 11) is -1.79. The van der Waals surface area contributed by atoms with Gasteiger partial charge in [-0.2, -0.15) is 51.7 Å². The number of carbonyl (C=O) groups excluding carboxylic acids is 1. The maximum Gasteiger partial charge on any atom is 0 e. The number of nitrogens with two attached hydrogens (primary N) is 4. The van der Waals surface area contributed by atoms with Gasteiger partial charge < -0.3 is 70.5 Å². The molecule has 0 amide bonds. The minimum atomic E-state index is -3.32. The first-order valence-electron chi connectivity index (χ1n) is 23.2. The van der Waals surface area contributed by atoms with Crippen molar-refractivity contribution in [3.63, 3.8) is 0 Å². The van der Waals surface area contributed by atoms with Crippen LogP contribution in [0.2, 0.25) is 0 Å². The van der Waals surface area contributed by atoms with E-state index in [1.54, 1.807) is 22.4 Å². The summed E-state index contributed by atoms with van der Waals surface area (Å²) in [5, 5.41) is 30.3. The molecule has 2 unspecified atom stereocenters. The number of hydrogen-bond donors (Lipinski definition) is 8. The molecule has 8 heterocycles. The summed E-state index contributed by atoms with van der Waals surface area (Å²) in [6, 6.07) is 2.08. The smallest absolute Gasteiger partial charge is 0 e. The summed E-state index contributed by atoms with van der Waals surface area (Å²) in [4.78, 5) is 36.0. The predicted octanol–water partition coefficient (Wildman–Crippen LogP) is 6.39. The number of hydrogen-bond acceptors (Lipinski definition) is 24. The molecule has 8 rings (SSSR count). The predicted molar refractivity (Wildman–Crippen MR) is 323 cm³/mol. The minimum Gasteiger partial charge on any atom is 0 e. The molecular weight excluding hydrogens is 1650 g/mol. The summed E-state index contributed by atoms with van der Waals surface area (Å²) in [6.45, 7) is 15.9. The van der Waals surface area contributed by atoms with Crippen LogP contribution >= 0.6 is 117 Å². The van der Waals surface area contributed by atoms with Gasteiger partial charge in [0.05, 0.1) is 69.9 Å². The molecular formula is C42H71Cl2I3N14O11PS2VY2-2. The molecule has 4 aliphatic heterocycles. The Labute approximate surface area is 566 Å². The molecule has 0 bridgehead atoms. The van der Waals surface area contributed by atoms with E-state index in [2.05, 4.69) is 114 Å². The van der Waals surface area contributed by atoms with Crippen LogP contribution in [-0.4, -0.2) is 150 Å². The standard InChI is InChI=1S/C14H20N6O5P.C13H18N5O4.C7H15NOS.C6H9NO.C2H7NS.2ClH.3HI.V.2Y/c1-4-22-12-9-11(18-14(15)19-12)20(6-17-9)13-7(2)10-8(24-13)5-23-26(21,16-3)25-10;1-3-21-11-8-10(16-13(14)17-11)18(5-15-8)12-6(2)9(20)7(4-19)22-12;1-7(2,3)6(9)10-5-4-8;7-4-3-6-2-1-5-8-6;3-1-2-4;;;;;;;;/h6,8,10,13H,4-5H2,1-3H3,(H,16,21)(H2,15,18,19);5,7,9,12,19-20H,3-4H2,1-2H3,(H2,14,16,17);4-5,8H2,1-3H3;6H,1-3,5H2;4H,1-3H2;5*1H;;;/q2*-1;;;;;;;;;+3;;/p-3/t8-,10+,13-,26?;7-,9+,12-;;;;;;;;;;;/m11.........../s1. The molecule has 11 N–H and O–H groups in total. The Kier molecular flexibility index (Phi) is 43.5. The minimum absolute atomic E-state index is 0. The van der Waals surface area contributed by atoms with Crippen molar-refractivity contribution in [2.75, 3.05) is 76.1 Å². The van der Waals surface area contributed by atoms with Crippen molar-refractivity contribution in [1.29, 1.82) is 5.26 Å². The largest absolute Gasteiger partial charge is 0 e. The van der Waals surface area contributed by atoms with Gasteiger partial charge in [-0.25, -0.2) is 31.5 Å². The van der Waals surface area contributed by atoms with Crippen LogP contribution in [0.25, 0.3) is 22.3 Å². The molecule has 440 valence electrons. The zero-order valence-corrected chi connectivity index (χ0v) is 62.2. The number of thiol groups is 1. The fourth-order valence-corrected chi connectivity index (χ4v) is 8.91. The summed E-state index contributed by atoms with van der Waals surface area (Å²) in [6.07, 6.45) is 2.69. The number of rotatable bonds is 12. The third kappa shape index (κ3) is 25.1. The molecule has 0 spiro atoms. The van der Waals surface area contributed by atoms with E-state index in [1.165, 1.54) is 25.1 Å². The SMILES string of the molecule is CC(C)(C)C(=O)SCCN.CCOc1nc(N)nc2c1ncn2[C@@H]1O[C@@H]2COP(=O)(NC)O[C@H]2[C-]1C.CCOc1nc(N)nc2c1ncn2[C@@H]1O[C@H](CO)[C@@H](O)[C-]1C.Cl.Cl.N#CCC1CCCO1.NCCS.[I][V]([I])[I].[Y].[Y]. The molecule has 78 heavy (non-hydrogen) atoms. The third-order valence-corrected chi connectivity index (χ3v) is 13.5. The van der Waals surface area contributed by atoms with Crippen molar-refractivity contribution in [2.45, 2.75) is 111 Å². The second-order valence-electron chi connectivity index (χ2n) is 16.9. The summed E-state index contributed by atoms with van der Waals surface area (Å²) in [5.41, 5.74) is 23.4. The van der Waals surface area contributed by atoms with Crippen molar-refractivity contribution >= 4 is 156 Å². The number of anilines is 2. The Hall–Kier alpha value is 1.55. The number of nitriles is 1. The van der Waals surface area contributed by atoms with E-state index in [0.717, 1.165) is 36.9 Å². The molecule has 4 saturated heterocycles. The van der Waals surface area contributed by atoms with Crippen LogP contribution in [0.1, 0.15) is 80.2 Å². The Morgan fingerprint density at radius 1 is 0.974 bits per heavy atom. The van der Waals surface area contributed by atoms with Gasteiger partial charge in [-0.05, 0) is 45.9 Å². The zero-order chi connectivity index (χ0) is 55.3. The number of aliphatic hydroxyl groups excluding tert-OH is 2. The van der Waals surface area contributed by atoms with Crippen LogP contribution in [0.15, 0.2) is 12.7 Å². The third-order valence-electron chi connectivity index (χ3n) is 10.4. The molecule has 2 radical (unpaired) electrons. The van der Waals surface area contributed by atoms with Crippen LogP contribution < -0.4 is 37.5 Å². The molecule has 25 nitrogen and oxygen atoms in total. The van der Waals surface area contributed by atoms with E-state index in [9.17, 15) is 19.6 Å². The molecule has 0 aliphatic carbocycles. The molecule has 4 aromatic rings. The summed E-state index contributed by atoms with van der Waals surface area (Å²) >= 11 is 12.5. The number of aliphatic hydroxyl groups is 2. The quantitative estimate of drug-likeness (QED) is 0.0329. The van der Waals surface area contributed by atoms with E-state index in [0.29, 0.717) is 72.7 Å². The number of thioether (sulfide) groups is 1. The number of ether oxygens (including phenoxy) is 5. The second kappa shape index (κ2) is 41.6. The second-order valence-corrected chi connectivity index (χ2v) is 55.7. The van der Waals surface area contributed by atoms with Crippen LogP contribution in [0.3, 0.4) is 0 Å². The first-order valence-corrected chi connectivity index (χ1v) is 39.8. The van der Waals surface area contributed by atoms with Crippen molar-refractivity contribution < 1.29 is 123 Å². The topological polar surface area (TPSA) is 366 Å². The molecule has 0 saturated carbocycles. The maximum absolute atomic E-state index is 12.4. The Morgan fingerprint density at radius 3 is 1.86 bits per heavy atom. The Bertz CT molecular complexity index is 2450. The maximum atomic E-state index is 12.4. The van der Waals surface area contributed by atoms with Gasteiger partial charge in [0.1, 0.15) is 0 Å².